The highest BCUT2D eigenvalue weighted by Gasteiger charge is 2.46. The van der Waals surface area contributed by atoms with E-state index in [0.29, 0.717) is 55.5 Å². The van der Waals surface area contributed by atoms with Gasteiger partial charge in [0.1, 0.15) is 12.4 Å². The van der Waals surface area contributed by atoms with Crippen molar-refractivity contribution >= 4 is 17.4 Å². The Balaban J connectivity index is 1.49. The van der Waals surface area contributed by atoms with Crippen LogP contribution in [0.4, 0.5) is 0 Å². The minimum atomic E-state index is -0.795. The minimum Gasteiger partial charge on any atom is -0.507 e. The summed E-state index contributed by atoms with van der Waals surface area (Å²) in [6, 6.07) is 17.5. The van der Waals surface area contributed by atoms with Crippen LogP contribution < -0.4 is 9.47 Å². The maximum Gasteiger partial charge on any atom is 0.295 e. The Morgan fingerprint density at radius 1 is 1.00 bits per heavy atom. The van der Waals surface area contributed by atoms with Gasteiger partial charge in [0, 0.05) is 44.1 Å². The monoisotopic (exact) mass is 529 g/mol. The number of Topliss-reactive ketones (excluding diaryl/α,β-unsaturated/α-hetero) is 1. The van der Waals surface area contributed by atoms with Crippen LogP contribution in [0.5, 0.6) is 11.5 Å². The van der Waals surface area contributed by atoms with Crippen LogP contribution in [-0.4, -0.2) is 78.1 Å². The summed E-state index contributed by atoms with van der Waals surface area (Å²) in [4.78, 5) is 34.4. The molecule has 2 aliphatic heterocycles. The molecule has 1 amide bonds. The van der Waals surface area contributed by atoms with Crippen LogP contribution in [0, 0.1) is 0 Å². The molecule has 1 aromatic heterocycles. The van der Waals surface area contributed by atoms with Crippen molar-refractivity contribution in [3.63, 3.8) is 0 Å². The van der Waals surface area contributed by atoms with Crippen LogP contribution in [0.3, 0.4) is 0 Å². The summed E-state index contributed by atoms with van der Waals surface area (Å²) >= 11 is 0. The normalized spacial score (nSPS) is 19.3. The standard InChI is InChI=1S/C30H31N3O6/c1-37-25-19-23(7-8-24(25)39-20-21-5-3-2-4-6-21)27-26(28(34)22-9-11-31-12-10-22)29(35)30(36)33(27)14-13-32-15-17-38-18-16-32/h2-12,19,27,34H,13-18,20H2,1H3. The van der Waals surface area contributed by atoms with E-state index in [0.717, 1.165) is 18.7 Å². The van der Waals surface area contributed by atoms with Gasteiger partial charge in [-0.05, 0) is 35.4 Å². The molecule has 0 saturated carbocycles. The number of morpholine rings is 1. The number of aromatic nitrogens is 1. The van der Waals surface area contributed by atoms with Crippen molar-refractivity contribution in [3.8, 4) is 11.5 Å². The van der Waals surface area contributed by atoms with Crippen LogP contribution in [0.1, 0.15) is 22.7 Å². The molecule has 39 heavy (non-hydrogen) atoms. The fourth-order valence-electron chi connectivity index (χ4n) is 4.91. The number of aliphatic hydroxyl groups is 1. The van der Waals surface area contributed by atoms with E-state index in [2.05, 4.69) is 9.88 Å². The molecule has 9 nitrogen and oxygen atoms in total. The summed E-state index contributed by atoms with van der Waals surface area (Å²) in [6.45, 7) is 4.03. The lowest BCUT2D eigenvalue weighted by atomic mass is 9.95. The Bertz CT molecular complexity index is 1340. The molecule has 1 atom stereocenters. The summed E-state index contributed by atoms with van der Waals surface area (Å²) in [5.41, 5.74) is 2.09. The largest absolute Gasteiger partial charge is 0.507 e. The van der Waals surface area contributed by atoms with Crippen LogP contribution in [0.25, 0.3) is 5.76 Å². The van der Waals surface area contributed by atoms with Gasteiger partial charge in [0.2, 0.25) is 0 Å². The molecular formula is C30H31N3O6. The molecule has 202 valence electrons. The van der Waals surface area contributed by atoms with E-state index in [1.165, 1.54) is 17.3 Å². The van der Waals surface area contributed by atoms with Crippen molar-refractivity contribution in [2.75, 3.05) is 46.5 Å². The van der Waals surface area contributed by atoms with E-state index < -0.39 is 17.7 Å². The predicted molar refractivity (Wildman–Crippen MR) is 144 cm³/mol. The fourth-order valence-corrected chi connectivity index (χ4v) is 4.91. The molecule has 9 heteroatoms. The topological polar surface area (TPSA) is 101 Å². The second kappa shape index (κ2) is 12.1. The summed E-state index contributed by atoms with van der Waals surface area (Å²) in [6.07, 6.45) is 3.06. The number of benzene rings is 2. The van der Waals surface area contributed by atoms with Gasteiger partial charge in [0.25, 0.3) is 11.7 Å². The zero-order chi connectivity index (χ0) is 27.2. The van der Waals surface area contributed by atoms with E-state index in [9.17, 15) is 14.7 Å². The first-order chi connectivity index (χ1) is 19.1. The number of methoxy groups -OCH3 is 1. The number of hydrogen-bond donors (Lipinski definition) is 1. The highest BCUT2D eigenvalue weighted by molar-refractivity contribution is 6.46. The fraction of sp³-hybridized carbons (Fsp3) is 0.300. The Kier molecular flexibility index (Phi) is 8.19. The van der Waals surface area contributed by atoms with E-state index >= 15 is 0 Å². The highest BCUT2D eigenvalue weighted by Crippen LogP contribution is 2.42. The third kappa shape index (κ3) is 5.79. The Morgan fingerprint density at radius 3 is 2.46 bits per heavy atom. The molecule has 0 radical (unpaired) electrons. The lowest BCUT2D eigenvalue weighted by Gasteiger charge is -2.31. The molecule has 2 fully saturated rings. The molecule has 0 spiro atoms. The lowest BCUT2D eigenvalue weighted by molar-refractivity contribution is -0.140. The van der Waals surface area contributed by atoms with E-state index in [4.69, 9.17) is 14.2 Å². The highest BCUT2D eigenvalue weighted by atomic mass is 16.5. The zero-order valence-electron chi connectivity index (χ0n) is 21.8. The first-order valence-corrected chi connectivity index (χ1v) is 12.9. The maximum atomic E-state index is 13.3. The first kappa shape index (κ1) is 26.4. The molecule has 1 unspecified atom stereocenters. The van der Waals surface area contributed by atoms with E-state index in [-0.39, 0.29) is 11.3 Å². The number of ether oxygens (including phenoxy) is 3. The van der Waals surface area contributed by atoms with Crippen LogP contribution in [0.2, 0.25) is 0 Å². The van der Waals surface area contributed by atoms with Gasteiger partial charge in [-0.25, -0.2) is 0 Å². The average Bonchev–Trinajstić information content (AvgIpc) is 3.25. The molecular weight excluding hydrogens is 498 g/mol. The number of rotatable bonds is 9. The van der Waals surface area contributed by atoms with Gasteiger partial charge in [0.05, 0.1) is 31.9 Å². The molecule has 5 rings (SSSR count). The molecule has 0 bridgehead atoms. The Hall–Kier alpha value is -4.21. The molecule has 1 N–H and O–H groups in total. The van der Waals surface area contributed by atoms with Crippen LogP contribution in [0.15, 0.2) is 78.6 Å². The molecule has 2 aromatic carbocycles. The quantitative estimate of drug-likeness (QED) is 0.256. The van der Waals surface area contributed by atoms with E-state index in [1.807, 2.05) is 30.3 Å². The number of ketones is 1. The van der Waals surface area contributed by atoms with Gasteiger partial charge < -0.3 is 24.2 Å². The SMILES string of the molecule is COc1cc(C2C(=C(O)c3ccncc3)C(=O)C(=O)N2CCN2CCOCC2)ccc1OCc1ccccc1. The summed E-state index contributed by atoms with van der Waals surface area (Å²) in [5, 5.41) is 11.2. The van der Waals surface area contributed by atoms with Gasteiger partial charge >= 0.3 is 0 Å². The van der Waals surface area contributed by atoms with Crippen molar-refractivity contribution in [1.82, 2.24) is 14.8 Å². The Labute approximate surface area is 227 Å². The van der Waals surface area contributed by atoms with Crippen LogP contribution >= 0.6 is 0 Å². The van der Waals surface area contributed by atoms with Gasteiger partial charge in [-0.1, -0.05) is 36.4 Å². The second-order valence-electron chi connectivity index (χ2n) is 9.37. The van der Waals surface area contributed by atoms with Gasteiger partial charge in [0.15, 0.2) is 11.5 Å². The van der Waals surface area contributed by atoms with Crippen LogP contribution in [-0.2, 0) is 20.9 Å². The molecule has 2 aliphatic rings. The van der Waals surface area contributed by atoms with Gasteiger partial charge in [-0.2, -0.15) is 0 Å². The minimum absolute atomic E-state index is 0.0354. The number of carbonyl (C=O) groups excluding carboxylic acids is 2. The van der Waals surface area contributed by atoms with Crippen molar-refractivity contribution in [2.24, 2.45) is 0 Å². The number of carbonyl (C=O) groups is 2. The third-order valence-corrected chi connectivity index (χ3v) is 7.00. The third-order valence-electron chi connectivity index (χ3n) is 7.00. The van der Waals surface area contributed by atoms with Gasteiger partial charge in [-0.15, -0.1) is 0 Å². The Morgan fingerprint density at radius 2 is 1.74 bits per heavy atom. The maximum absolute atomic E-state index is 13.3. The summed E-state index contributed by atoms with van der Waals surface area (Å²) in [7, 11) is 1.54. The average molecular weight is 530 g/mol. The van der Waals surface area contributed by atoms with E-state index in [1.54, 1.807) is 37.4 Å². The van der Waals surface area contributed by atoms with Gasteiger partial charge in [-0.3, -0.25) is 19.5 Å². The summed E-state index contributed by atoms with van der Waals surface area (Å²) < 4.78 is 17.1. The lowest BCUT2D eigenvalue weighted by Crippen LogP contribution is -2.42. The van der Waals surface area contributed by atoms with Crippen molar-refractivity contribution in [2.45, 2.75) is 12.6 Å². The van der Waals surface area contributed by atoms with Crippen molar-refractivity contribution < 1.29 is 28.9 Å². The van der Waals surface area contributed by atoms with Crippen molar-refractivity contribution in [1.29, 1.82) is 0 Å². The number of nitrogens with zero attached hydrogens (tertiary/aromatic N) is 3. The number of likely N-dealkylation sites (tertiary alicyclic amines) is 1. The number of pyridine rings is 1. The number of hydrogen-bond acceptors (Lipinski definition) is 8. The smallest absolute Gasteiger partial charge is 0.295 e. The number of amides is 1. The second-order valence-corrected chi connectivity index (χ2v) is 9.37. The first-order valence-electron chi connectivity index (χ1n) is 12.9. The summed E-state index contributed by atoms with van der Waals surface area (Å²) in [5.74, 6) is -0.611. The predicted octanol–water partition coefficient (Wildman–Crippen LogP) is 3.42. The molecule has 0 aliphatic carbocycles. The zero-order valence-corrected chi connectivity index (χ0v) is 21.8. The number of aliphatic hydroxyl groups excluding tert-OH is 1. The molecule has 3 heterocycles. The van der Waals surface area contributed by atoms with Crippen molar-refractivity contribution in [3.05, 3.63) is 95.3 Å². The molecule has 2 saturated heterocycles. The molecule has 3 aromatic rings.